The van der Waals surface area contributed by atoms with Gasteiger partial charge in [0.25, 0.3) is 0 Å². The Morgan fingerprint density at radius 1 is 0.970 bits per heavy atom. The lowest BCUT2D eigenvalue weighted by Crippen LogP contribution is -2.26. The highest BCUT2D eigenvalue weighted by molar-refractivity contribution is 5.96. The summed E-state index contributed by atoms with van der Waals surface area (Å²) in [5.41, 5.74) is -0.141. The third-order valence-corrected chi connectivity index (χ3v) is 4.96. The van der Waals surface area contributed by atoms with Crippen molar-refractivity contribution in [2.75, 3.05) is 13.2 Å². The van der Waals surface area contributed by atoms with E-state index in [9.17, 15) is 14.4 Å². The standard InChI is InChI=1S/C25H22O8/c1-4-29-20-8-6-7-15-11-19(25(28)33-23(15)20)18-13-22(26)32-21-12-16(9-10-17(18)21)31-14(3)24(27)30-5-2/h6-14H,4-5H2,1-3H3. The summed E-state index contributed by atoms with van der Waals surface area (Å²) in [7, 11) is 0. The van der Waals surface area contributed by atoms with E-state index in [1.807, 2.05) is 6.92 Å². The van der Waals surface area contributed by atoms with Gasteiger partial charge in [-0.05, 0) is 45.0 Å². The molecular weight excluding hydrogens is 428 g/mol. The fourth-order valence-corrected chi connectivity index (χ4v) is 3.53. The van der Waals surface area contributed by atoms with Gasteiger partial charge in [-0.15, -0.1) is 0 Å². The second kappa shape index (κ2) is 9.20. The molecule has 1 unspecified atom stereocenters. The van der Waals surface area contributed by atoms with E-state index in [4.69, 9.17) is 23.0 Å². The first-order chi connectivity index (χ1) is 15.9. The molecule has 0 saturated heterocycles. The number of esters is 1. The van der Waals surface area contributed by atoms with Crippen LogP contribution in [0.3, 0.4) is 0 Å². The van der Waals surface area contributed by atoms with E-state index in [-0.39, 0.29) is 17.8 Å². The summed E-state index contributed by atoms with van der Waals surface area (Å²) in [6.07, 6.45) is -0.843. The summed E-state index contributed by atoms with van der Waals surface area (Å²) in [5, 5.41) is 1.17. The van der Waals surface area contributed by atoms with Gasteiger partial charge in [-0.2, -0.15) is 0 Å². The lowest BCUT2D eigenvalue weighted by Gasteiger charge is -2.14. The molecular formula is C25H22O8. The molecule has 170 valence electrons. The van der Waals surface area contributed by atoms with Gasteiger partial charge < -0.3 is 23.0 Å². The summed E-state index contributed by atoms with van der Waals surface area (Å²) in [4.78, 5) is 37.0. The third kappa shape index (κ3) is 4.45. The minimum atomic E-state index is -0.843. The molecule has 2 heterocycles. The lowest BCUT2D eigenvalue weighted by molar-refractivity contribution is -0.150. The van der Waals surface area contributed by atoms with E-state index in [1.165, 1.54) is 12.1 Å². The maximum atomic E-state index is 12.9. The number of hydrogen-bond acceptors (Lipinski definition) is 8. The van der Waals surface area contributed by atoms with Gasteiger partial charge in [0.15, 0.2) is 17.4 Å². The van der Waals surface area contributed by atoms with Crippen LogP contribution in [-0.2, 0) is 9.53 Å². The molecule has 2 aromatic carbocycles. The van der Waals surface area contributed by atoms with Gasteiger partial charge in [0.2, 0.25) is 0 Å². The molecule has 2 aromatic heterocycles. The van der Waals surface area contributed by atoms with E-state index in [2.05, 4.69) is 0 Å². The van der Waals surface area contributed by atoms with Crippen LogP contribution in [0.1, 0.15) is 20.8 Å². The summed E-state index contributed by atoms with van der Waals surface area (Å²) in [5.74, 6) is 0.275. The Labute approximate surface area is 188 Å². The van der Waals surface area contributed by atoms with Gasteiger partial charge in [0.05, 0.1) is 18.8 Å². The van der Waals surface area contributed by atoms with Crippen LogP contribution in [0.5, 0.6) is 11.5 Å². The molecule has 0 aliphatic carbocycles. The first-order valence-corrected chi connectivity index (χ1v) is 10.5. The average molecular weight is 450 g/mol. The van der Waals surface area contributed by atoms with Crippen LogP contribution in [0.4, 0.5) is 0 Å². The van der Waals surface area contributed by atoms with Crippen LogP contribution in [-0.4, -0.2) is 25.3 Å². The molecule has 8 nitrogen and oxygen atoms in total. The highest BCUT2D eigenvalue weighted by Crippen LogP contribution is 2.32. The molecule has 4 rings (SSSR count). The van der Waals surface area contributed by atoms with Crippen LogP contribution in [0.15, 0.2) is 67.0 Å². The largest absolute Gasteiger partial charge is 0.490 e. The maximum Gasteiger partial charge on any atom is 0.347 e. The number of benzene rings is 2. The molecule has 0 spiro atoms. The Kier molecular flexibility index (Phi) is 6.17. The fourth-order valence-electron chi connectivity index (χ4n) is 3.53. The SMILES string of the molecule is CCOC(=O)C(C)Oc1ccc2c(-c3cc4cccc(OCC)c4oc3=O)cc(=O)oc2c1. The lowest BCUT2D eigenvalue weighted by atomic mass is 10.0. The smallest absolute Gasteiger partial charge is 0.347 e. The van der Waals surface area contributed by atoms with Crippen LogP contribution < -0.4 is 20.7 Å². The monoisotopic (exact) mass is 450 g/mol. The number of fused-ring (bicyclic) bond motifs is 2. The first-order valence-electron chi connectivity index (χ1n) is 10.5. The van der Waals surface area contributed by atoms with Crippen molar-refractivity contribution < 1.29 is 27.8 Å². The van der Waals surface area contributed by atoms with E-state index < -0.39 is 23.3 Å². The number of ether oxygens (including phenoxy) is 3. The Hall–Kier alpha value is -4.07. The van der Waals surface area contributed by atoms with Gasteiger partial charge >= 0.3 is 17.2 Å². The molecule has 33 heavy (non-hydrogen) atoms. The molecule has 0 N–H and O–H groups in total. The van der Waals surface area contributed by atoms with E-state index >= 15 is 0 Å². The average Bonchev–Trinajstić information content (AvgIpc) is 2.78. The summed E-state index contributed by atoms with van der Waals surface area (Å²) in [6.45, 7) is 5.77. The van der Waals surface area contributed by atoms with Crippen molar-refractivity contribution >= 4 is 27.9 Å². The molecule has 4 aromatic rings. The van der Waals surface area contributed by atoms with E-state index in [0.717, 1.165) is 0 Å². The molecule has 0 fully saturated rings. The second-order valence-corrected chi connectivity index (χ2v) is 7.20. The molecule has 0 aliphatic heterocycles. The topological polar surface area (TPSA) is 105 Å². The van der Waals surface area contributed by atoms with Crippen molar-refractivity contribution in [1.82, 2.24) is 0 Å². The molecule has 0 saturated carbocycles. The molecule has 0 amide bonds. The van der Waals surface area contributed by atoms with Gasteiger partial charge in [-0.1, -0.05) is 12.1 Å². The van der Waals surface area contributed by atoms with Crippen molar-refractivity contribution in [3.8, 4) is 22.6 Å². The van der Waals surface area contributed by atoms with Crippen molar-refractivity contribution in [3.05, 3.63) is 69.4 Å². The molecule has 1 atom stereocenters. The Morgan fingerprint density at radius 3 is 2.55 bits per heavy atom. The Bertz CT molecular complexity index is 1450. The molecule has 0 bridgehead atoms. The highest BCUT2D eigenvalue weighted by Gasteiger charge is 2.18. The summed E-state index contributed by atoms with van der Waals surface area (Å²) < 4.78 is 27.0. The molecule has 8 heteroatoms. The van der Waals surface area contributed by atoms with E-state index in [0.29, 0.717) is 40.0 Å². The van der Waals surface area contributed by atoms with Crippen LogP contribution >= 0.6 is 0 Å². The Morgan fingerprint density at radius 2 is 1.79 bits per heavy atom. The van der Waals surface area contributed by atoms with Gasteiger partial charge in [0, 0.05) is 28.5 Å². The zero-order valence-corrected chi connectivity index (χ0v) is 18.4. The van der Waals surface area contributed by atoms with Crippen molar-refractivity contribution in [2.45, 2.75) is 26.9 Å². The number of carbonyl (C=O) groups excluding carboxylic acids is 1. The number of carbonyl (C=O) groups is 1. The normalized spacial score (nSPS) is 12.0. The predicted molar refractivity (Wildman–Crippen MR) is 122 cm³/mol. The number of para-hydroxylation sites is 1. The fraction of sp³-hybridized carbons (Fsp3) is 0.240. The van der Waals surface area contributed by atoms with Crippen molar-refractivity contribution in [2.24, 2.45) is 0 Å². The zero-order chi connectivity index (χ0) is 23.5. The van der Waals surface area contributed by atoms with Crippen molar-refractivity contribution in [1.29, 1.82) is 0 Å². The summed E-state index contributed by atoms with van der Waals surface area (Å²) in [6, 6.07) is 13.0. The predicted octanol–water partition coefficient (Wildman–Crippen LogP) is 4.30. The molecule has 0 aliphatic rings. The van der Waals surface area contributed by atoms with Gasteiger partial charge in [0.1, 0.15) is 11.3 Å². The maximum absolute atomic E-state index is 12.9. The third-order valence-electron chi connectivity index (χ3n) is 4.96. The molecule has 0 radical (unpaired) electrons. The first kappa shape index (κ1) is 22.1. The number of hydrogen-bond donors (Lipinski definition) is 0. The van der Waals surface area contributed by atoms with Crippen LogP contribution in [0.25, 0.3) is 33.1 Å². The minimum Gasteiger partial charge on any atom is -0.490 e. The van der Waals surface area contributed by atoms with Crippen LogP contribution in [0, 0.1) is 0 Å². The summed E-state index contributed by atoms with van der Waals surface area (Å²) >= 11 is 0. The highest BCUT2D eigenvalue weighted by atomic mass is 16.6. The number of rotatable bonds is 7. The quantitative estimate of drug-likeness (QED) is 0.303. The van der Waals surface area contributed by atoms with Gasteiger partial charge in [-0.3, -0.25) is 0 Å². The van der Waals surface area contributed by atoms with E-state index in [1.54, 1.807) is 50.2 Å². The minimum absolute atomic E-state index is 0.202. The Balaban J connectivity index is 1.81. The van der Waals surface area contributed by atoms with Crippen LogP contribution in [0.2, 0.25) is 0 Å². The van der Waals surface area contributed by atoms with Crippen molar-refractivity contribution in [3.63, 3.8) is 0 Å². The zero-order valence-electron chi connectivity index (χ0n) is 18.4. The second-order valence-electron chi connectivity index (χ2n) is 7.20. The van der Waals surface area contributed by atoms with Gasteiger partial charge in [-0.25, -0.2) is 14.4 Å².